The normalized spacial score (nSPS) is 16.9. The molecule has 7 heterocycles. The Morgan fingerprint density at radius 1 is 0.427 bits per heavy atom. The van der Waals surface area contributed by atoms with Crippen molar-refractivity contribution in [2.45, 2.75) is 39.0 Å². The lowest BCUT2D eigenvalue weighted by Crippen LogP contribution is -2.46. The minimum Gasteiger partial charge on any atom is -0.411 e. The number of oxime groups is 2. The van der Waals surface area contributed by atoms with Crippen molar-refractivity contribution < 1.29 is 10.4 Å². The maximum Gasteiger partial charge on any atom is 0.113 e. The molecule has 16 nitrogen and oxygen atoms in total. The van der Waals surface area contributed by atoms with Crippen LogP contribution in [0, 0.1) is 36.5 Å². The highest BCUT2D eigenvalue weighted by molar-refractivity contribution is 9.09. The smallest absolute Gasteiger partial charge is 0.113 e. The predicted molar refractivity (Wildman–Crippen MR) is 369 cm³/mol. The van der Waals surface area contributed by atoms with Crippen LogP contribution < -0.4 is 16.0 Å². The summed E-state index contributed by atoms with van der Waals surface area (Å²) in [4.78, 5) is 26.0. The first kappa shape index (κ1) is 71.0. The molecule has 17 heteroatoms. The van der Waals surface area contributed by atoms with Gasteiger partial charge in [0.1, 0.15) is 5.69 Å². The summed E-state index contributed by atoms with van der Waals surface area (Å²) < 4.78 is 0. The van der Waals surface area contributed by atoms with Gasteiger partial charge in [-0.1, -0.05) is 177 Å². The molecule has 0 radical (unpaired) electrons. The molecule has 0 saturated carbocycles. The molecule has 472 valence electrons. The largest absolute Gasteiger partial charge is 0.411 e. The summed E-state index contributed by atoms with van der Waals surface area (Å²) in [5.74, 6) is 11.3. The van der Waals surface area contributed by atoms with E-state index >= 15 is 0 Å². The molecule has 5 aliphatic rings. The van der Waals surface area contributed by atoms with E-state index in [0.29, 0.717) is 22.4 Å². The summed E-state index contributed by atoms with van der Waals surface area (Å²) in [5, 5.41) is 33.6. The van der Waals surface area contributed by atoms with Gasteiger partial charge in [0.15, 0.2) is 0 Å². The average Bonchev–Trinajstić information content (AvgIpc) is 3.66. The molecule has 5 N–H and O–H groups in total. The number of piperazine rings is 5. The molecule has 0 spiro atoms. The Balaban J connectivity index is 0.000000184. The van der Waals surface area contributed by atoms with Crippen LogP contribution in [0.2, 0.25) is 0 Å². The molecule has 11 rings (SSSR count). The van der Waals surface area contributed by atoms with Crippen molar-refractivity contribution >= 4 is 28.4 Å². The van der Waals surface area contributed by atoms with Crippen molar-refractivity contribution in [1.29, 1.82) is 0 Å². The second-order valence-electron chi connectivity index (χ2n) is 22.1. The minimum absolute atomic E-state index is 0.601. The second kappa shape index (κ2) is 45.2. The number of alkyl halides is 1. The SMILES string of the molecule is C#CCBr.C#CCN1CCN(Cc2ccccc2)CC1.C1CNCCN1.O/N=C/c1cccc(C#CCN2CCN(Cc3ccccc3)CC2)n1.O/N=C/c1cccc(CCCN2CCN(Cc3ccccc3)CC2)n1.c1ccc(CN2CCNCC2)cc1. The van der Waals surface area contributed by atoms with Gasteiger partial charge in [-0.05, 0) is 71.8 Å². The molecule has 5 aliphatic heterocycles. The Morgan fingerprint density at radius 3 is 1.20 bits per heavy atom. The van der Waals surface area contributed by atoms with Crippen LogP contribution in [0.3, 0.4) is 0 Å². The lowest BCUT2D eigenvalue weighted by molar-refractivity contribution is 0.126. The Hall–Kier alpha value is -7.12. The highest BCUT2D eigenvalue weighted by Gasteiger charge is 2.19. The summed E-state index contributed by atoms with van der Waals surface area (Å²) >= 11 is 3.01. The number of benzene rings is 4. The molecule has 2 aromatic heterocycles. The highest BCUT2D eigenvalue weighted by atomic mass is 79.9. The van der Waals surface area contributed by atoms with Crippen molar-refractivity contribution in [2.24, 2.45) is 10.3 Å². The van der Waals surface area contributed by atoms with Crippen LogP contribution in [0.4, 0.5) is 0 Å². The van der Waals surface area contributed by atoms with Crippen LogP contribution in [0.1, 0.15) is 51.5 Å². The van der Waals surface area contributed by atoms with Gasteiger partial charge < -0.3 is 31.3 Å². The van der Waals surface area contributed by atoms with E-state index < -0.39 is 0 Å². The molecule has 5 fully saturated rings. The van der Waals surface area contributed by atoms with Crippen molar-refractivity contribution in [3.63, 3.8) is 0 Å². The van der Waals surface area contributed by atoms with Crippen molar-refractivity contribution in [3.8, 4) is 36.5 Å². The molecule has 6 aromatic rings. The van der Waals surface area contributed by atoms with Crippen molar-refractivity contribution in [3.05, 3.63) is 203 Å². The molecular weight excluding hydrogens is 1170 g/mol. The van der Waals surface area contributed by atoms with Gasteiger partial charge in [-0.15, -0.1) is 12.8 Å². The number of aryl methyl sites for hydroxylation is 1. The Morgan fingerprint density at radius 2 is 0.798 bits per heavy atom. The first-order chi connectivity index (χ1) is 43.9. The number of hydrogen-bond acceptors (Lipinski definition) is 16. The van der Waals surface area contributed by atoms with Crippen LogP contribution in [0.5, 0.6) is 0 Å². The first-order valence-corrected chi connectivity index (χ1v) is 32.6. The zero-order valence-corrected chi connectivity index (χ0v) is 53.8. The van der Waals surface area contributed by atoms with Gasteiger partial charge in [0.05, 0.1) is 42.2 Å². The molecule has 89 heavy (non-hydrogen) atoms. The lowest BCUT2D eigenvalue weighted by Gasteiger charge is -2.34. The third-order valence-corrected chi connectivity index (χ3v) is 15.7. The average molecular weight is 1270 g/mol. The molecule has 4 aromatic carbocycles. The van der Waals surface area contributed by atoms with E-state index in [-0.39, 0.29) is 0 Å². The first-order valence-electron chi connectivity index (χ1n) is 31.5. The summed E-state index contributed by atoms with van der Waals surface area (Å²) in [6.45, 7) is 29.2. The molecule has 0 aliphatic carbocycles. The van der Waals surface area contributed by atoms with E-state index in [1.165, 1.54) is 47.8 Å². The van der Waals surface area contributed by atoms with Gasteiger partial charge in [0.25, 0.3) is 0 Å². The monoisotopic (exact) mass is 1270 g/mol. The van der Waals surface area contributed by atoms with Gasteiger partial charge in [-0.2, -0.15) is 0 Å². The Labute approximate surface area is 540 Å². The Bertz CT molecular complexity index is 2960. The topological polar surface area (TPSA) is 150 Å². The Kier molecular flexibility index (Phi) is 36.0. The lowest BCUT2D eigenvalue weighted by atomic mass is 10.1. The minimum atomic E-state index is 0.601. The fourth-order valence-electron chi connectivity index (χ4n) is 10.5. The van der Waals surface area contributed by atoms with E-state index in [2.05, 4.69) is 231 Å². The maximum atomic E-state index is 8.59. The predicted octanol–water partition coefficient (Wildman–Crippen LogP) is 7.42. The van der Waals surface area contributed by atoms with Gasteiger partial charge in [-0.3, -0.25) is 34.4 Å². The molecule has 0 bridgehead atoms. The number of hydrogen-bond donors (Lipinski definition) is 5. The van der Waals surface area contributed by atoms with Gasteiger partial charge >= 0.3 is 0 Å². The van der Waals surface area contributed by atoms with Gasteiger partial charge in [0.2, 0.25) is 0 Å². The zero-order valence-electron chi connectivity index (χ0n) is 52.2. The third-order valence-electron chi connectivity index (χ3n) is 15.4. The van der Waals surface area contributed by atoms with Crippen LogP contribution in [-0.4, -0.2) is 223 Å². The summed E-state index contributed by atoms with van der Waals surface area (Å²) in [5.41, 5.74) is 8.64. The number of rotatable bonds is 16. The molecule has 0 amide bonds. The van der Waals surface area contributed by atoms with Gasteiger partial charge in [0, 0.05) is 163 Å². The summed E-state index contributed by atoms with van der Waals surface area (Å²) in [6, 6.07) is 54.0. The number of nitrogens with zero attached hydrogens (tertiary/aromatic N) is 11. The summed E-state index contributed by atoms with van der Waals surface area (Å²) in [7, 11) is 0. The number of terminal acetylenes is 2. The standard InChI is InChI=1S/C20H26N4O.C20H22N4O.C14H18N2.C11H16N2.C4H10N2.C3H3Br/c2*25-21-16-20-9-4-8-19(22-20)10-5-11-23-12-14-24(15-13-23)17-18-6-2-1-3-7-18;1-2-8-15-9-11-16(12-10-15)13-14-6-4-3-5-7-14;1-2-4-11(5-3-1)10-13-8-6-12-7-9-13;1-2-6-4-3-5-1;1-2-3-4/h1-4,6-9,16,25H,5,10-15,17H2;1-4,6-9,16,25H,11-15,17H2;1,3-7H,8-13H2;1-5,12H,6-10H2;5-6H,1-4H2;1H,3H2/b2*21-16+;;;;. The molecule has 0 atom stereocenters. The number of halogens is 1. The van der Waals surface area contributed by atoms with Gasteiger partial charge in [-0.25, -0.2) is 4.98 Å². The van der Waals surface area contributed by atoms with E-state index in [4.69, 9.17) is 23.3 Å². The number of pyridine rings is 2. The van der Waals surface area contributed by atoms with E-state index in [9.17, 15) is 0 Å². The molecule has 5 saturated heterocycles. The van der Waals surface area contributed by atoms with Crippen LogP contribution >= 0.6 is 15.9 Å². The summed E-state index contributed by atoms with van der Waals surface area (Å²) in [6.07, 6.45) is 14.8. The number of nitrogens with one attached hydrogen (secondary N) is 3. The quantitative estimate of drug-likeness (QED) is 0.0215. The van der Waals surface area contributed by atoms with E-state index in [1.807, 2.05) is 30.3 Å². The maximum absolute atomic E-state index is 8.59. The van der Waals surface area contributed by atoms with Crippen molar-refractivity contribution in [1.82, 2.24) is 60.2 Å². The molecular formula is C72H95BrN14O2. The molecule has 0 unspecified atom stereocenters. The van der Waals surface area contributed by atoms with Crippen LogP contribution in [0.25, 0.3) is 0 Å². The number of aromatic nitrogens is 2. The third kappa shape index (κ3) is 31.3. The fourth-order valence-corrected chi connectivity index (χ4v) is 10.5. The highest BCUT2D eigenvalue weighted by Crippen LogP contribution is 2.13. The fraction of sp³-hybridized carbons (Fsp3) is 0.417. The van der Waals surface area contributed by atoms with Crippen molar-refractivity contribution in [2.75, 3.05) is 156 Å². The van der Waals surface area contributed by atoms with E-state index in [0.717, 1.165) is 182 Å². The zero-order chi connectivity index (χ0) is 62.5. The van der Waals surface area contributed by atoms with E-state index in [1.54, 1.807) is 6.07 Å². The van der Waals surface area contributed by atoms with Crippen LogP contribution in [-0.2, 0) is 32.6 Å². The van der Waals surface area contributed by atoms with Crippen LogP contribution in [0.15, 0.2) is 168 Å². The second-order valence-corrected chi connectivity index (χ2v) is 22.7.